The van der Waals surface area contributed by atoms with Gasteiger partial charge in [-0.15, -0.1) is 10.2 Å². The standard InChI is InChI=1S/C19H18N6/c1-12-11-24(16-8-6-15(20-4)7-9-16)19-17(10-5-13(2)21-19)25-14(3)22-23-18(12)25/h5-10,12H,11H2,1-3H3. The zero-order chi connectivity index (χ0) is 17.6. The number of aromatic nitrogens is 4. The lowest BCUT2D eigenvalue weighted by molar-refractivity contribution is 0.694. The van der Waals surface area contributed by atoms with Crippen molar-refractivity contribution in [1.82, 2.24) is 19.7 Å². The number of rotatable bonds is 1. The van der Waals surface area contributed by atoms with E-state index in [4.69, 9.17) is 11.6 Å². The Kier molecular flexibility index (Phi) is 3.50. The van der Waals surface area contributed by atoms with Gasteiger partial charge in [-0.2, -0.15) is 0 Å². The van der Waals surface area contributed by atoms with Crippen LogP contribution in [0.1, 0.15) is 30.2 Å². The van der Waals surface area contributed by atoms with Gasteiger partial charge in [-0.3, -0.25) is 4.57 Å². The molecule has 1 unspecified atom stereocenters. The molecule has 25 heavy (non-hydrogen) atoms. The van der Waals surface area contributed by atoms with E-state index in [9.17, 15) is 0 Å². The van der Waals surface area contributed by atoms with E-state index in [1.165, 1.54) is 0 Å². The van der Waals surface area contributed by atoms with Crippen molar-refractivity contribution >= 4 is 17.2 Å². The molecule has 1 atom stereocenters. The van der Waals surface area contributed by atoms with Gasteiger partial charge in [-0.05, 0) is 38.1 Å². The Hall–Kier alpha value is -3.20. The summed E-state index contributed by atoms with van der Waals surface area (Å²) in [6.07, 6.45) is 0. The molecule has 0 amide bonds. The van der Waals surface area contributed by atoms with Gasteiger partial charge >= 0.3 is 0 Å². The molecule has 0 fully saturated rings. The molecule has 0 saturated heterocycles. The minimum Gasteiger partial charge on any atom is -0.324 e. The van der Waals surface area contributed by atoms with Crippen molar-refractivity contribution in [2.75, 3.05) is 11.4 Å². The first kappa shape index (κ1) is 15.3. The summed E-state index contributed by atoms with van der Waals surface area (Å²) in [7, 11) is 0. The van der Waals surface area contributed by atoms with Crippen LogP contribution in [0.25, 0.3) is 10.5 Å². The summed E-state index contributed by atoms with van der Waals surface area (Å²) in [5.74, 6) is 2.89. The molecular formula is C19H18N6. The fraction of sp³-hybridized carbons (Fsp3) is 0.263. The highest BCUT2D eigenvalue weighted by Gasteiger charge is 2.29. The number of hydrogen-bond donors (Lipinski definition) is 0. The van der Waals surface area contributed by atoms with Gasteiger partial charge in [-0.25, -0.2) is 9.83 Å². The second kappa shape index (κ2) is 5.71. The molecule has 0 spiro atoms. The fourth-order valence-electron chi connectivity index (χ4n) is 3.28. The molecule has 1 aliphatic rings. The molecule has 3 heterocycles. The summed E-state index contributed by atoms with van der Waals surface area (Å²) in [5, 5.41) is 8.66. The Morgan fingerprint density at radius 1 is 1.08 bits per heavy atom. The van der Waals surface area contributed by atoms with Crippen LogP contribution in [-0.2, 0) is 0 Å². The summed E-state index contributed by atoms with van der Waals surface area (Å²) in [5.41, 5.74) is 3.61. The number of pyridine rings is 1. The number of fused-ring (bicyclic) bond motifs is 3. The highest BCUT2D eigenvalue weighted by molar-refractivity contribution is 5.71. The summed E-state index contributed by atoms with van der Waals surface area (Å²) in [6.45, 7) is 14.0. The summed E-state index contributed by atoms with van der Waals surface area (Å²) < 4.78 is 2.10. The molecular weight excluding hydrogens is 312 g/mol. The van der Waals surface area contributed by atoms with E-state index in [1.807, 2.05) is 44.2 Å². The maximum absolute atomic E-state index is 7.14. The number of nitrogens with zero attached hydrogens (tertiary/aromatic N) is 6. The van der Waals surface area contributed by atoms with Gasteiger partial charge in [0.25, 0.3) is 0 Å². The van der Waals surface area contributed by atoms with Gasteiger partial charge < -0.3 is 4.90 Å². The second-order valence-corrected chi connectivity index (χ2v) is 6.38. The second-order valence-electron chi connectivity index (χ2n) is 6.38. The van der Waals surface area contributed by atoms with Crippen molar-refractivity contribution in [2.24, 2.45) is 0 Å². The molecule has 0 aliphatic carbocycles. The van der Waals surface area contributed by atoms with Crippen LogP contribution < -0.4 is 4.90 Å². The van der Waals surface area contributed by atoms with Crippen molar-refractivity contribution < 1.29 is 0 Å². The van der Waals surface area contributed by atoms with Crippen LogP contribution in [0.5, 0.6) is 0 Å². The molecule has 2 aromatic heterocycles. The largest absolute Gasteiger partial charge is 0.324 e. The highest BCUT2D eigenvalue weighted by atomic mass is 15.3. The normalized spacial score (nSPS) is 15.9. The van der Waals surface area contributed by atoms with E-state index in [0.29, 0.717) is 5.69 Å². The Morgan fingerprint density at radius 2 is 1.84 bits per heavy atom. The van der Waals surface area contributed by atoms with Gasteiger partial charge in [0.05, 0.1) is 12.3 Å². The van der Waals surface area contributed by atoms with Crippen molar-refractivity contribution in [3.05, 3.63) is 65.2 Å². The molecule has 4 rings (SSSR count). The molecule has 0 saturated carbocycles. The van der Waals surface area contributed by atoms with E-state index in [2.05, 4.69) is 37.5 Å². The average molecular weight is 330 g/mol. The first-order valence-corrected chi connectivity index (χ1v) is 8.23. The van der Waals surface area contributed by atoms with Gasteiger partial charge in [0, 0.05) is 23.8 Å². The number of aryl methyl sites for hydroxylation is 2. The SMILES string of the molecule is [C-]#[N+]c1ccc(N2CC(C)c3nnc(C)n3-c3ccc(C)nc32)cc1. The Labute approximate surface area is 146 Å². The molecule has 124 valence electrons. The molecule has 3 aromatic rings. The predicted octanol–water partition coefficient (Wildman–Crippen LogP) is 4.09. The Morgan fingerprint density at radius 3 is 2.56 bits per heavy atom. The summed E-state index contributed by atoms with van der Waals surface area (Å²) in [6, 6.07) is 11.7. The van der Waals surface area contributed by atoms with Crippen LogP contribution in [0.15, 0.2) is 36.4 Å². The van der Waals surface area contributed by atoms with Crippen LogP contribution in [0.2, 0.25) is 0 Å². The maximum Gasteiger partial charge on any atom is 0.187 e. The van der Waals surface area contributed by atoms with Crippen molar-refractivity contribution in [3.8, 4) is 5.69 Å². The van der Waals surface area contributed by atoms with Crippen molar-refractivity contribution in [3.63, 3.8) is 0 Å². The lowest BCUT2D eigenvalue weighted by atomic mass is 10.1. The first-order valence-electron chi connectivity index (χ1n) is 8.23. The summed E-state index contributed by atoms with van der Waals surface area (Å²) >= 11 is 0. The molecule has 0 N–H and O–H groups in total. The van der Waals surface area contributed by atoms with Gasteiger partial charge in [-0.1, -0.05) is 19.1 Å². The third-order valence-electron chi connectivity index (χ3n) is 4.53. The van der Waals surface area contributed by atoms with E-state index in [0.717, 1.165) is 41.1 Å². The fourth-order valence-corrected chi connectivity index (χ4v) is 3.28. The Balaban J connectivity index is 1.93. The quantitative estimate of drug-likeness (QED) is 0.631. The third kappa shape index (κ3) is 2.45. The molecule has 0 bridgehead atoms. The minimum absolute atomic E-state index is 0.191. The highest BCUT2D eigenvalue weighted by Crippen LogP contribution is 2.37. The van der Waals surface area contributed by atoms with E-state index in [1.54, 1.807) is 0 Å². The van der Waals surface area contributed by atoms with Crippen LogP contribution in [0.3, 0.4) is 0 Å². The van der Waals surface area contributed by atoms with Crippen molar-refractivity contribution in [2.45, 2.75) is 26.7 Å². The molecule has 0 radical (unpaired) electrons. The number of benzene rings is 1. The topological polar surface area (TPSA) is 51.2 Å². The molecule has 1 aromatic carbocycles. The number of anilines is 2. The number of hydrogen-bond acceptors (Lipinski definition) is 4. The Bertz CT molecular complexity index is 980. The van der Waals surface area contributed by atoms with Gasteiger partial charge in [0.2, 0.25) is 0 Å². The van der Waals surface area contributed by atoms with E-state index in [-0.39, 0.29) is 5.92 Å². The lowest BCUT2D eigenvalue weighted by Crippen LogP contribution is -2.23. The van der Waals surface area contributed by atoms with Gasteiger partial charge in [0.15, 0.2) is 11.5 Å². The predicted molar refractivity (Wildman–Crippen MR) is 96.8 cm³/mol. The molecule has 6 nitrogen and oxygen atoms in total. The van der Waals surface area contributed by atoms with E-state index < -0.39 is 0 Å². The van der Waals surface area contributed by atoms with E-state index >= 15 is 0 Å². The van der Waals surface area contributed by atoms with Crippen LogP contribution in [0.4, 0.5) is 17.2 Å². The zero-order valence-corrected chi connectivity index (χ0v) is 14.4. The van der Waals surface area contributed by atoms with Crippen LogP contribution in [-0.4, -0.2) is 26.3 Å². The van der Waals surface area contributed by atoms with Crippen LogP contribution in [0, 0.1) is 20.4 Å². The van der Waals surface area contributed by atoms with Gasteiger partial charge in [0.1, 0.15) is 11.6 Å². The first-order chi connectivity index (χ1) is 12.1. The third-order valence-corrected chi connectivity index (χ3v) is 4.53. The van der Waals surface area contributed by atoms with Crippen molar-refractivity contribution in [1.29, 1.82) is 0 Å². The summed E-state index contributed by atoms with van der Waals surface area (Å²) in [4.78, 5) is 10.5. The van der Waals surface area contributed by atoms with Crippen LogP contribution >= 0.6 is 0 Å². The average Bonchev–Trinajstić information content (AvgIpc) is 2.95. The molecule has 6 heteroatoms. The maximum atomic E-state index is 7.14. The molecule has 1 aliphatic heterocycles. The monoisotopic (exact) mass is 330 g/mol. The smallest absolute Gasteiger partial charge is 0.187 e. The lowest BCUT2D eigenvalue weighted by Gasteiger charge is -2.25. The zero-order valence-electron chi connectivity index (χ0n) is 14.4. The minimum atomic E-state index is 0.191.